The fraction of sp³-hybridized carbons (Fsp3) is 0.727. The minimum absolute atomic E-state index is 0.141. The number of hydrogen-bond acceptors (Lipinski definition) is 8. The number of piperazine rings is 1. The molecule has 3 rings (SSSR count). The molecule has 3 heterocycles. The van der Waals surface area contributed by atoms with Crippen LogP contribution in [-0.4, -0.2) is 83.0 Å². The van der Waals surface area contributed by atoms with Crippen molar-refractivity contribution in [2.24, 2.45) is 0 Å². The summed E-state index contributed by atoms with van der Waals surface area (Å²) in [6.07, 6.45) is 2.86. The molecule has 0 spiro atoms. The zero-order valence-corrected chi connectivity index (χ0v) is 21.0. The maximum Gasteiger partial charge on any atom is 0.498 e. The van der Waals surface area contributed by atoms with Gasteiger partial charge in [0.1, 0.15) is 11.6 Å². The van der Waals surface area contributed by atoms with E-state index in [1.54, 1.807) is 45.0 Å². The minimum Gasteiger partial charge on any atom is -0.444 e. The largest absolute Gasteiger partial charge is 0.498 e. The summed E-state index contributed by atoms with van der Waals surface area (Å²) in [5.74, 6) is 0.458. The molecule has 0 bridgehead atoms. The van der Waals surface area contributed by atoms with Gasteiger partial charge < -0.3 is 29.2 Å². The summed E-state index contributed by atoms with van der Waals surface area (Å²) < 4.78 is 17.3. The van der Waals surface area contributed by atoms with Crippen molar-refractivity contribution in [1.29, 1.82) is 0 Å². The van der Waals surface area contributed by atoms with Crippen molar-refractivity contribution >= 4 is 30.5 Å². The van der Waals surface area contributed by atoms with Crippen LogP contribution in [0.15, 0.2) is 12.4 Å². The van der Waals surface area contributed by atoms with Crippen LogP contribution in [-0.2, 0) is 18.8 Å². The van der Waals surface area contributed by atoms with Gasteiger partial charge in [0, 0.05) is 44.0 Å². The van der Waals surface area contributed by atoms with Crippen molar-refractivity contribution in [3.63, 3.8) is 0 Å². The maximum atomic E-state index is 12.7. The lowest BCUT2D eigenvalue weighted by Gasteiger charge is -2.36. The molecule has 0 saturated carbocycles. The van der Waals surface area contributed by atoms with Gasteiger partial charge in [-0.3, -0.25) is 4.79 Å². The molecule has 0 unspecified atom stereocenters. The number of hydrogen-bond donors (Lipinski definition) is 1. The molecule has 1 aromatic rings. The number of amides is 2. The van der Waals surface area contributed by atoms with E-state index in [4.69, 9.17) is 14.0 Å². The topological polar surface area (TPSA) is 106 Å². The number of nitrogens with zero attached hydrogens (tertiary/aromatic N) is 4. The number of rotatable bonds is 4. The van der Waals surface area contributed by atoms with Gasteiger partial charge >= 0.3 is 13.2 Å². The van der Waals surface area contributed by atoms with Gasteiger partial charge in [0.25, 0.3) is 0 Å². The van der Waals surface area contributed by atoms with Crippen molar-refractivity contribution in [3.8, 4) is 0 Å². The summed E-state index contributed by atoms with van der Waals surface area (Å²) >= 11 is 0. The number of aromatic nitrogens is 2. The average molecular weight is 461 g/mol. The molecule has 0 aliphatic carbocycles. The molecular formula is C22H36BN5O5. The summed E-state index contributed by atoms with van der Waals surface area (Å²) in [5.41, 5.74) is -0.687. The van der Waals surface area contributed by atoms with E-state index in [0.29, 0.717) is 32.1 Å². The van der Waals surface area contributed by atoms with Gasteiger partial charge in [0.15, 0.2) is 0 Å². The predicted octanol–water partition coefficient (Wildman–Crippen LogP) is 1.34. The van der Waals surface area contributed by atoms with Crippen LogP contribution in [0.1, 0.15) is 55.4 Å². The zero-order chi connectivity index (χ0) is 24.6. The Morgan fingerprint density at radius 3 is 2.06 bits per heavy atom. The first-order chi connectivity index (χ1) is 15.2. The highest BCUT2D eigenvalue weighted by Gasteiger charge is 2.52. The van der Waals surface area contributed by atoms with Gasteiger partial charge in [0.05, 0.1) is 11.2 Å². The predicted molar refractivity (Wildman–Crippen MR) is 125 cm³/mol. The van der Waals surface area contributed by atoms with Gasteiger partial charge in [-0.25, -0.2) is 14.8 Å². The lowest BCUT2D eigenvalue weighted by molar-refractivity contribution is -0.133. The highest BCUT2D eigenvalue weighted by molar-refractivity contribution is 6.61. The fourth-order valence-electron chi connectivity index (χ4n) is 3.54. The highest BCUT2D eigenvalue weighted by atomic mass is 16.7. The van der Waals surface area contributed by atoms with Crippen LogP contribution in [0.3, 0.4) is 0 Å². The second kappa shape index (κ2) is 9.10. The van der Waals surface area contributed by atoms with E-state index in [0.717, 1.165) is 5.46 Å². The second-order valence-electron chi connectivity index (χ2n) is 10.6. The molecule has 33 heavy (non-hydrogen) atoms. The van der Waals surface area contributed by atoms with Crippen LogP contribution in [0.4, 0.5) is 10.7 Å². The first-order valence-corrected chi connectivity index (χ1v) is 11.4. The Labute approximate surface area is 196 Å². The standard InChI is InChI=1S/C22H36BN5O5/c1-15(26-19(30)31-20(2,3)4)17(29)27-9-11-28(12-10-27)18-24-13-16(14-25-18)23-32-21(5,6)22(7,8)33-23/h13-15H,9-12H2,1-8H3,(H,26,30)/t15-/m1/s1. The summed E-state index contributed by atoms with van der Waals surface area (Å²) in [7, 11) is -0.502. The number of nitrogens with one attached hydrogen (secondary N) is 1. The van der Waals surface area contributed by atoms with E-state index in [1.807, 2.05) is 32.6 Å². The van der Waals surface area contributed by atoms with E-state index in [-0.39, 0.29) is 5.91 Å². The molecular weight excluding hydrogens is 425 g/mol. The van der Waals surface area contributed by atoms with Gasteiger partial charge in [-0.1, -0.05) is 0 Å². The molecule has 0 radical (unpaired) electrons. The Morgan fingerprint density at radius 1 is 1.06 bits per heavy atom. The van der Waals surface area contributed by atoms with E-state index < -0.39 is 36.1 Å². The van der Waals surface area contributed by atoms with Crippen molar-refractivity contribution in [3.05, 3.63) is 12.4 Å². The van der Waals surface area contributed by atoms with Gasteiger partial charge in [0.2, 0.25) is 11.9 Å². The smallest absolute Gasteiger partial charge is 0.444 e. The van der Waals surface area contributed by atoms with Crippen molar-refractivity contribution in [2.75, 3.05) is 31.1 Å². The first-order valence-electron chi connectivity index (χ1n) is 11.4. The Bertz CT molecular complexity index is 847. The first kappa shape index (κ1) is 25.2. The summed E-state index contributed by atoms with van der Waals surface area (Å²) in [6.45, 7) is 17.3. The normalized spacial score (nSPS) is 21.0. The SMILES string of the molecule is C[C@@H](NC(=O)OC(C)(C)C)C(=O)N1CCN(c2ncc(B3OC(C)(C)C(C)(C)O3)cn2)CC1. The molecule has 1 atom stereocenters. The molecule has 0 aromatic carbocycles. The maximum absolute atomic E-state index is 12.7. The van der Waals surface area contributed by atoms with Crippen LogP contribution in [0.2, 0.25) is 0 Å². The average Bonchev–Trinajstić information content (AvgIpc) is 2.93. The van der Waals surface area contributed by atoms with Crippen LogP contribution >= 0.6 is 0 Å². The Morgan fingerprint density at radius 2 is 1.58 bits per heavy atom. The third-order valence-electron chi connectivity index (χ3n) is 6.16. The molecule has 2 aliphatic heterocycles. The van der Waals surface area contributed by atoms with E-state index in [2.05, 4.69) is 15.3 Å². The molecule has 182 valence electrons. The lowest BCUT2D eigenvalue weighted by atomic mass is 9.81. The molecule has 1 N–H and O–H groups in total. The second-order valence-corrected chi connectivity index (χ2v) is 10.6. The summed E-state index contributed by atoms with van der Waals surface area (Å²) in [4.78, 5) is 37.4. The van der Waals surface area contributed by atoms with Crippen LogP contribution in [0.5, 0.6) is 0 Å². The summed E-state index contributed by atoms with van der Waals surface area (Å²) in [6, 6.07) is -0.665. The molecule has 1 aromatic heterocycles. The molecule has 2 amide bonds. The number of anilines is 1. The van der Waals surface area contributed by atoms with Crippen LogP contribution in [0.25, 0.3) is 0 Å². The Hall–Kier alpha value is -2.40. The van der Waals surface area contributed by atoms with Gasteiger partial charge in [-0.2, -0.15) is 0 Å². The Balaban J connectivity index is 1.52. The number of carbonyl (C=O) groups excluding carboxylic acids is 2. The monoisotopic (exact) mass is 461 g/mol. The summed E-state index contributed by atoms with van der Waals surface area (Å²) in [5, 5.41) is 2.61. The molecule has 11 heteroatoms. The zero-order valence-electron chi connectivity index (χ0n) is 21.0. The van der Waals surface area contributed by atoms with Crippen molar-refractivity contribution in [2.45, 2.75) is 78.2 Å². The van der Waals surface area contributed by atoms with E-state index in [9.17, 15) is 9.59 Å². The molecule has 2 fully saturated rings. The highest BCUT2D eigenvalue weighted by Crippen LogP contribution is 2.36. The minimum atomic E-state index is -0.665. The third-order valence-corrected chi connectivity index (χ3v) is 6.16. The van der Waals surface area contributed by atoms with E-state index in [1.165, 1.54) is 0 Å². The van der Waals surface area contributed by atoms with Gasteiger partial charge in [-0.05, 0) is 55.4 Å². The number of carbonyl (C=O) groups is 2. The molecule has 2 aliphatic rings. The molecule has 2 saturated heterocycles. The Kier molecular flexibility index (Phi) is 6.96. The number of ether oxygens (including phenoxy) is 1. The number of alkyl carbamates (subject to hydrolysis) is 1. The van der Waals surface area contributed by atoms with Gasteiger partial charge in [-0.15, -0.1) is 0 Å². The fourth-order valence-corrected chi connectivity index (χ4v) is 3.54. The van der Waals surface area contributed by atoms with Crippen molar-refractivity contribution < 1.29 is 23.6 Å². The third kappa shape index (κ3) is 5.94. The quantitative estimate of drug-likeness (QED) is 0.670. The van der Waals surface area contributed by atoms with Crippen LogP contribution in [0, 0.1) is 0 Å². The lowest BCUT2D eigenvalue weighted by Crippen LogP contribution is -2.54. The van der Waals surface area contributed by atoms with Crippen molar-refractivity contribution in [1.82, 2.24) is 20.2 Å². The van der Waals surface area contributed by atoms with E-state index >= 15 is 0 Å². The van der Waals surface area contributed by atoms with Crippen LogP contribution < -0.4 is 15.7 Å². The molecule has 10 nitrogen and oxygen atoms in total.